The van der Waals surface area contributed by atoms with Gasteiger partial charge in [0.15, 0.2) is 11.4 Å². The molecule has 0 unspecified atom stereocenters. The fraction of sp³-hybridized carbons (Fsp3) is 0.650. The van der Waals surface area contributed by atoms with E-state index in [4.69, 9.17) is 31.9 Å². The third kappa shape index (κ3) is 9.32. The highest BCUT2D eigenvalue weighted by atomic mass is 35.5. The summed E-state index contributed by atoms with van der Waals surface area (Å²) in [6, 6.07) is 1.87. The Hall–Kier alpha value is -3.15. The van der Waals surface area contributed by atoms with Crippen molar-refractivity contribution < 1.29 is 78.5 Å². The molecule has 352 valence electrons. The lowest BCUT2D eigenvalue weighted by Crippen LogP contribution is -2.65. The summed E-state index contributed by atoms with van der Waals surface area (Å²) in [6.45, 7) is 5.97. The standard InChI is InChI=1S/C22H24N2O8.C18H34ClN2O8PS/c1-21(31)8-5-4-6-11(25)12(8)16(26)13-9(21)7-10-15(24(2)3)17(27)14(20(23)30)19(29)22(10,32)18(13)28;1-5-6-10-7-11(21(3)8-10)17(24)20-12(9(2)19)15-13(22)14(23)16(18(28-15)31-4)29-30(25,26)27/h4-6,9-10,15,25,27-28,31-32H,7H2,1-3H3,(H2,23,30);9-16,18,22-23H,5-8H2,1-4H3,(H,20,24)(H2,25,26,27)/t9-,10-,15-,21+,22-;9-,10+,11-,12+,13+,14-,15+,16+,18+/m00/s1. The van der Waals surface area contributed by atoms with E-state index < -0.39 is 124 Å². The smallest absolute Gasteiger partial charge is 0.470 e. The Morgan fingerprint density at radius 2 is 1.78 bits per heavy atom. The Kier molecular flexibility index (Phi) is 15.3. The number of nitrogens with two attached hydrogens (primary N) is 1. The second kappa shape index (κ2) is 19.0. The summed E-state index contributed by atoms with van der Waals surface area (Å²) in [5.41, 5.74) is -1.65. The van der Waals surface area contributed by atoms with Crippen LogP contribution in [-0.4, -0.2) is 172 Å². The molecule has 20 nitrogen and oxygen atoms in total. The number of ketones is 2. The number of phenolic OH excluding ortho intramolecular Hbond substituents is 1. The van der Waals surface area contributed by atoms with Crippen LogP contribution in [0.25, 0.3) is 0 Å². The van der Waals surface area contributed by atoms with E-state index in [9.17, 15) is 59.5 Å². The van der Waals surface area contributed by atoms with Gasteiger partial charge in [-0.1, -0.05) is 25.5 Å². The van der Waals surface area contributed by atoms with Gasteiger partial charge >= 0.3 is 7.82 Å². The molecule has 1 aromatic carbocycles. The number of amides is 2. The molecular weight excluding hydrogens is 891 g/mol. The van der Waals surface area contributed by atoms with E-state index in [1.807, 2.05) is 11.9 Å². The van der Waals surface area contributed by atoms with E-state index >= 15 is 0 Å². The number of hydrogen-bond acceptors (Lipinski definition) is 17. The summed E-state index contributed by atoms with van der Waals surface area (Å²) >= 11 is 7.38. The maximum atomic E-state index is 13.3. The highest BCUT2D eigenvalue weighted by Gasteiger charge is 2.65. The number of likely N-dealkylation sites (N-methyl/N-ethyl adjacent to an activating group) is 2. The van der Waals surface area contributed by atoms with Gasteiger partial charge in [0.2, 0.25) is 11.7 Å². The van der Waals surface area contributed by atoms with Crippen LogP contribution in [0, 0.1) is 17.8 Å². The summed E-state index contributed by atoms with van der Waals surface area (Å²) < 4.78 is 21.7. The third-order valence-corrected chi connectivity index (χ3v) is 14.5. The predicted molar refractivity (Wildman–Crippen MR) is 227 cm³/mol. The molecule has 0 radical (unpaired) electrons. The number of aliphatic hydroxyl groups is 6. The number of carbonyl (C=O) groups is 4. The van der Waals surface area contributed by atoms with E-state index in [-0.39, 0.29) is 29.5 Å². The number of nitrogens with zero attached hydrogens (tertiary/aromatic N) is 2. The maximum absolute atomic E-state index is 13.3. The van der Waals surface area contributed by atoms with Gasteiger partial charge in [0.1, 0.15) is 52.7 Å². The Morgan fingerprint density at radius 1 is 1.14 bits per heavy atom. The van der Waals surface area contributed by atoms with Crippen LogP contribution in [0.2, 0.25) is 0 Å². The first-order valence-electron chi connectivity index (χ1n) is 20.3. The number of halogens is 1. The average Bonchev–Trinajstić information content (AvgIpc) is 3.55. The summed E-state index contributed by atoms with van der Waals surface area (Å²) in [6.07, 6.45) is -1.57. The van der Waals surface area contributed by atoms with Crippen molar-refractivity contribution in [1.29, 1.82) is 0 Å². The van der Waals surface area contributed by atoms with Crippen molar-refractivity contribution in [3.05, 3.63) is 52.0 Å². The van der Waals surface area contributed by atoms with Crippen LogP contribution in [-0.2, 0) is 33.8 Å². The minimum absolute atomic E-state index is 0.135. The Labute approximate surface area is 373 Å². The largest absolute Gasteiger partial charge is 0.510 e. The topological polar surface area (TPSA) is 330 Å². The molecule has 5 aliphatic rings. The third-order valence-electron chi connectivity index (χ3n) is 12.9. The number of fused-ring (bicyclic) bond motifs is 3. The lowest BCUT2D eigenvalue weighted by atomic mass is 9.55. The molecule has 14 atom stereocenters. The highest BCUT2D eigenvalue weighted by molar-refractivity contribution is 7.99. The molecule has 6 rings (SSSR count). The zero-order valence-electron chi connectivity index (χ0n) is 35.8. The van der Waals surface area contributed by atoms with E-state index in [0.29, 0.717) is 5.92 Å². The first-order chi connectivity index (χ1) is 29.2. The van der Waals surface area contributed by atoms with Gasteiger partial charge in [0.25, 0.3) is 5.91 Å². The number of primary amides is 1. The summed E-state index contributed by atoms with van der Waals surface area (Å²) in [7, 11) is 0.0212. The van der Waals surface area contributed by atoms with Gasteiger partial charge in [0.05, 0.1) is 34.7 Å². The van der Waals surface area contributed by atoms with Gasteiger partial charge in [-0.05, 0) is 78.1 Å². The number of thioether (sulfide) groups is 1. The monoisotopic (exact) mass is 948 g/mol. The van der Waals surface area contributed by atoms with E-state index in [1.54, 1.807) is 13.2 Å². The highest BCUT2D eigenvalue weighted by Crippen LogP contribution is 2.56. The molecular formula is C40H58ClN4O16PS. The molecule has 0 bridgehead atoms. The van der Waals surface area contributed by atoms with Crippen LogP contribution in [0.3, 0.4) is 0 Å². The molecule has 0 saturated carbocycles. The van der Waals surface area contributed by atoms with Crippen LogP contribution in [0.15, 0.2) is 40.9 Å². The number of ether oxygens (including phenoxy) is 1. The molecule has 1 aromatic rings. The molecule has 63 heavy (non-hydrogen) atoms. The lowest BCUT2D eigenvalue weighted by molar-refractivity contribution is -0.201. The molecule has 2 saturated heterocycles. The molecule has 3 aliphatic carbocycles. The average molecular weight is 949 g/mol. The number of phosphoric acid groups is 1. The number of alkyl halides is 1. The Bertz CT molecular complexity index is 2080. The van der Waals surface area contributed by atoms with E-state index in [2.05, 4.69) is 16.8 Å². The molecule has 2 aliphatic heterocycles. The second-order valence-corrected chi connectivity index (χ2v) is 20.1. The molecule has 23 heteroatoms. The van der Waals surface area contributed by atoms with Crippen LogP contribution in [0.4, 0.5) is 0 Å². The SMILES string of the molecule is CCC[C@@H]1C[C@@H](C(=O)N[C@@H]([C@H]2O[C@H](SC)[C@H](OP(=O)(O)O)[C@@H](O)[C@H]2O)[C@H](C)Cl)N(C)C1.CN(C)[C@@H]1C(O)=C(C(N)=O)C(=O)[C@@]2(O)C(O)=C3C(=O)c4c(O)cccc4[C@@](C)(O)[C@H]3C[C@@H]12. The fourth-order valence-corrected chi connectivity index (χ4v) is 11.4. The quantitative estimate of drug-likeness (QED) is 0.0807. The molecule has 2 heterocycles. The molecule has 0 spiro atoms. The summed E-state index contributed by atoms with van der Waals surface area (Å²) in [5, 5.41) is 78.4. The van der Waals surface area contributed by atoms with E-state index in [0.717, 1.165) is 37.6 Å². The number of aromatic hydroxyl groups is 1. The number of benzene rings is 1. The number of carbonyl (C=O) groups excluding carboxylic acids is 4. The molecule has 2 fully saturated rings. The van der Waals surface area contributed by atoms with Crippen molar-refractivity contribution in [2.45, 2.75) is 111 Å². The minimum atomic E-state index is -4.93. The second-order valence-electron chi connectivity index (χ2n) is 17.3. The number of rotatable bonds is 11. The van der Waals surface area contributed by atoms with Crippen molar-refractivity contribution in [2.24, 2.45) is 23.5 Å². The van der Waals surface area contributed by atoms with Crippen molar-refractivity contribution in [1.82, 2.24) is 15.1 Å². The predicted octanol–water partition coefficient (Wildman–Crippen LogP) is 0.292. The molecule has 2 amide bonds. The minimum Gasteiger partial charge on any atom is -0.510 e. The Morgan fingerprint density at radius 3 is 2.32 bits per heavy atom. The number of hydrogen-bond donors (Lipinski definition) is 11. The number of nitrogens with one attached hydrogen (secondary N) is 1. The zero-order valence-corrected chi connectivity index (χ0v) is 38.3. The fourth-order valence-electron chi connectivity index (χ4n) is 9.88. The first kappa shape index (κ1) is 50.8. The van der Waals surface area contributed by atoms with Crippen molar-refractivity contribution in [2.75, 3.05) is 33.9 Å². The van der Waals surface area contributed by atoms with Gasteiger partial charge in [-0.25, -0.2) is 4.57 Å². The van der Waals surface area contributed by atoms with Crippen molar-refractivity contribution in [3.63, 3.8) is 0 Å². The van der Waals surface area contributed by atoms with Crippen molar-refractivity contribution in [3.8, 4) is 5.75 Å². The van der Waals surface area contributed by atoms with Gasteiger partial charge in [-0.2, -0.15) is 0 Å². The number of phosphoric ester groups is 1. The maximum Gasteiger partial charge on any atom is 0.470 e. The van der Waals surface area contributed by atoms with Crippen LogP contribution >= 0.6 is 31.2 Å². The normalized spacial score (nSPS) is 35.6. The van der Waals surface area contributed by atoms with Crippen LogP contribution < -0.4 is 11.1 Å². The van der Waals surface area contributed by atoms with Crippen LogP contribution in [0.5, 0.6) is 5.75 Å². The van der Waals surface area contributed by atoms with Gasteiger partial charge in [-0.3, -0.25) is 33.5 Å². The summed E-state index contributed by atoms with van der Waals surface area (Å²) in [4.78, 5) is 73.1. The Balaban J connectivity index is 0.000000238. The zero-order chi connectivity index (χ0) is 47.4. The van der Waals surface area contributed by atoms with Gasteiger partial charge in [-0.15, -0.1) is 23.4 Å². The summed E-state index contributed by atoms with van der Waals surface area (Å²) in [5.74, 6) is -7.70. The number of Topliss-reactive ketones (excluding diaryl/α,β-unsaturated/α-hetero) is 2. The first-order valence-corrected chi connectivity index (χ1v) is 23.5. The van der Waals surface area contributed by atoms with Crippen LogP contribution in [0.1, 0.15) is 62.4 Å². The number of aliphatic hydroxyl groups excluding tert-OH is 4. The molecule has 0 aromatic heterocycles. The van der Waals surface area contributed by atoms with Gasteiger partial charge < -0.3 is 61.3 Å². The molecule has 12 N–H and O–H groups in total. The van der Waals surface area contributed by atoms with Crippen molar-refractivity contribution >= 4 is 54.6 Å². The lowest BCUT2D eigenvalue weighted by Gasteiger charge is -2.52. The number of likely N-dealkylation sites (tertiary alicyclic amines) is 1. The van der Waals surface area contributed by atoms with Gasteiger partial charge in [0, 0.05) is 24.0 Å². The number of phenols is 1. The van der Waals surface area contributed by atoms with E-state index in [1.165, 1.54) is 44.1 Å².